The molecule has 0 heterocycles. The lowest BCUT2D eigenvalue weighted by Gasteiger charge is -2.20. The van der Waals surface area contributed by atoms with Gasteiger partial charge in [-0.25, -0.2) is 13.6 Å². The topological polar surface area (TPSA) is 89.4 Å². The molecule has 4 N–H and O–H groups in total. The molecule has 0 saturated carbocycles. The Morgan fingerprint density at radius 3 is 2.21 bits per heavy atom. The average Bonchev–Trinajstić information content (AvgIpc) is 2.37. The van der Waals surface area contributed by atoms with Gasteiger partial charge in [0, 0.05) is 24.1 Å². The first kappa shape index (κ1) is 13.4. The maximum Gasteiger partial charge on any atom is 0.238 e. The van der Waals surface area contributed by atoms with Crippen molar-refractivity contribution in [1.29, 1.82) is 0 Å². The predicted molar refractivity (Wildman–Crippen MR) is 76.7 cm³/mol. The smallest absolute Gasteiger partial charge is 0.238 e. The Kier molecular flexibility index (Phi) is 3.46. The number of hydrogen-bond acceptors (Lipinski definition) is 4. The molecule has 0 aliphatic carbocycles. The van der Waals surface area contributed by atoms with Gasteiger partial charge in [0.25, 0.3) is 0 Å². The van der Waals surface area contributed by atoms with Crippen molar-refractivity contribution in [1.82, 2.24) is 0 Å². The summed E-state index contributed by atoms with van der Waals surface area (Å²) >= 11 is 0. The first-order valence-corrected chi connectivity index (χ1v) is 7.15. The van der Waals surface area contributed by atoms with Crippen LogP contribution in [0, 0.1) is 0 Å². The highest BCUT2D eigenvalue weighted by atomic mass is 32.2. The Bertz CT molecular complexity index is 684. The van der Waals surface area contributed by atoms with E-state index in [1.54, 1.807) is 6.07 Å². The molecule has 0 amide bonds. The summed E-state index contributed by atoms with van der Waals surface area (Å²) in [5.41, 5.74) is 7.66. The van der Waals surface area contributed by atoms with Crippen molar-refractivity contribution < 1.29 is 8.42 Å². The number of para-hydroxylation sites is 1. The molecular weight excluding hydrogens is 262 g/mol. The van der Waals surface area contributed by atoms with Gasteiger partial charge in [0.2, 0.25) is 10.0 Å². The lowest BCUT2D eigenvalue weighted by molar-refractivity contribution is 0.598. The zero-order valence-electron chi connectivity index (χ0n) is 10.4. The first-order chi connectivity index (χ1) is 8.88. The van der Waals surface area contributed by atoms with Gasteiger partial charge in [0.15, 0.2) is 0 Å². The number of nitrogens with two attached hydrogens (primary N) is 2. The van der Waals surface area contributed by atoms with Crippen molar-refractivity contribution in [2.24, 2.45) is 5.14 Å². The molecule has 0 unspecified atom stereocenters. The van der Waals surface area contributed by atoms with Crippen molar-refractivity contribution in [3.8, 4) is 0 Å². The molecule has 0 aromatic heterocycles. The molecular formula is C13H15N3O2S. The van der Waals surface area contributed by atoms with Crippen LogP contribution in [0.15, 0.2) is 53.4 Å². The maximum absolute atomic E-state index is 11.4. The summed E-state index contributed by atoms with van der Waals surface area (Å²) in [6.07, 6.45) is 0. The SMILES string of the molecule is CN(c1ccccc1)c1cc(N)cc(S(N)(=O)=O)c1. The number of hydrogen-bond donors (Lipinski definition) is 2. The molecule has 6 heteroatoms. The zero-order chi connectivity index (χ0) is 14.0. The fourth-order valence-electron chi connectivity index (χ4n) is 1.76. The van der Waals surface area contributed by atoms with Crippen LogP contribution in [0.5, 0.6) is 0 Å². The van der Waals surface area contributed by atoms with Gasteiger partial charge in [-0.05, 0) is 30.3 Å². The van der Waals surface area contributed by atoms with Crippen LogP contribution in [0.1, 0.15) is 0 Å². The molecule has 100 valence electrons. The average molecular weight is 277 g/mol. The summed E-state index contributed by atoms with van der Waals surface area (Å²) in [5, 5.41) is 5.13. The number of benzene rings is 2. The van der Waals surface area contributed by atoms with Crippen molar-refractivity contribution in [3.63, 3.8) is 0 Å². The van der Waals surface area contributed by atoms with Gasteiger partial charge in [-0.15, -0.1) is 0 Å². The van der Waals surface area contributed by atoms with Gasteiger partial charge in [-0.1, -0.05) is 18.2 Å². The second-order valence-corrected chi connectivity index (χ2v) is 5.76. The highest BCUT2D eigenvalue weighted by Crippen LogP contribution is 2.27. The van der Waals surface area contributed by atoms with Crippen LogP contribution in [0.4, 0.5) is 17.1 Å². The van der Waals surface area contributed by atoms with E-state index >= 15 is 0 Å². The van der Waals surface area contributed by atoms with Gasteiger partial charge in [0.1, 0.15) is 0 Å². The van der Waals surface area contributed by atoms with Gasteiger partial charge in [0.05, 0.1) is 4.90 Å². The van der Waals surface area contributed by atoms with E-state index in [0.29, 0.717) is 11.4 Å². The van der Waals surface area contributed by atoms with Crippen LogP contribution in [-0.2, 0) is 10.0 Å². The normalized spacial score (nSPS) is 11.3. The van der Waals surface area contributed by atoms with Crippen LogP contribution in [0.25, 0.3) is 0 Å². The molecule has 0 atom stereocenters. The van der Waals surface area contributed by atoms with E-state index < -0.39 is 10.0 Å². The Labute approximate surface area is 112 Å². The first-order valence-electron chi connectivity index (χ1n) is 5.60. The van der Waals surface area contributed by atoms with E-state index in [1.807, 2.05) is 42.3 Å². The molecule has 0 fully saturated rings. The number of rotatable bonds is 3. The fraction of sp³-hybridized carbons (Fsp3) is 0.0769. The summed E-state index contributed by atoms with van der Waals surface area (Å²) in [6, 6.07) is 14.1. The van der Waals surface area contributed by atoms with Gasteiger partial charge < -0.3 is 10.6 Å². The van der Waals surface area contributed by atoms with E-state index in [9.17, 15) is 8.42 Å². The molecule has 19 heavy (non-hydrogen) atoms. The highest BCUT2D eigenvalue weighted by Gasteiger charge is 2.12. The van der Waals surface area contributed by atoms with Crippen LogP contribution < -0.4 is 15.8 Å². The number of sulfonamides is 1. The number of anilines is 3. The maximum atomic E-state index is 11.4. The number of nitrogens with zero attached hydrogens (tertiary/aromatic N) is 1. The second kappa shape index (κ2) is 4.91. The standard InChI is InChI=1S/C13H15N3O2S/c1-16(11-5-3-2-4-6-11)12-7-10(14)8-13(9-12)19(15,17)18/h2-9H,14H2,1H3,(H2,15,17,18). The van der Waals surface area contributed by atoms with Gasteiger partial charge >= 0.3 is 0 Å². The molecule has 2 rings (SSSR count). The van der Waals surface area contributed by atoms with Crippen molar-refractivity contribution in [2.45, 2.75) is 4.90 Å². The molecule has 0 bridgehead atoms. The Balaban J connectivity index is 2.49. The summed E-state index contributed by atoms with van der Waals surface area (Å²) in [7, 11) is -1.94. The van der Waals surface area contributed by atoms with Gasteiger partial charge in [-0.3, -0.25) is 0 Å². The predicted octanol–water partition coefficient (Wildman–Crippen LogP) is 1.68. The quantitative estimate of drug-likeness (QED) is 0.835. The lowest BCUT2D eigenvalue weighted by Crippen LogP contribution is -2.15. The van der Waals surface area contributed by atoms with Crippen molar-refractivity contribution in [3.05, 3.63) is 48.5 Å². The summed E-state index contributed by atoms with van der Waals surface area (Å²) in [5.74, 6) is 0. The molecule has 2 aromatic rings. The Morgan fingerprint density at radius 1 is 1.00 bits per heavy atom. The number of primary sulfonamides is 1. The zero-order valence-corrected chi connectivity index (χ0v) is 11.3. The summed E-state index contributed by atoms with van der Waals surface area (Å²) in [6.45, 7) is 0. The summed E-state index contributed by atoms with van der Waals surface area (Å²) in [4.78, 5) is 1.84. The van der Waals surface area contributed by atoms with E-state index in [-0.39, 0.29) is 4.90 Å². The molecule has 0 spiro atoms. The fourth-order valence-corrected chi connectivity index (χ4v) is 2.35. The summed E-state index contributed by atoms with van der Waals surface area (Å²) < 4.78 is 22.8. The number of nitrogen functional groups attached to an aromatic ring is 1. The minimum atomic E-state index is -3.77. The largest absolute Gasteiger partial charge is 0.399 e. The van der Waals surface area contributed by atoms with Crippen molar-refractivity contribution >= 4 is 27.1 Å². The lowest BCUT2D eigenvalue weighted by atomic mass is 10.2. The molecule has 0 saturated heterocycles. The monoisotopic (exact) mass is 277 g/mol. The van der Waals surface area contributed by atoms with Gasteiger partial charge in [-0.2, -0.15) is 0 Å². The van der Waals surface area contributed by atoms with E-state index in [0.717, 1.165) is 5.69 Å². The van der Waals surface area contributed by atoms with E-state index in [4.69, 9.17) is 10.9 Å². The minimum Gasteiger partial charge on any atom is -0.399 e. The highest BCUT2D eigenvalue weighted by molar-refractivity contribution is 7.89. The molecule has 0 aliphatic rings. The van der Waals surface area contributed by atoms with E-state index in [2.05, 4.69) is 0 Å². The van der Waals surface area contributed by atoms with Crippen LogP contribution in [0.3, 0.4) is 0 Å². The third-order valence-corrected chi connectivity index (χ3v) is 3.67. The van der Waals surface area contributed by atoms with Crippen LogP contribution >= 0.6 is 0 Å². The van der Waals surface area contributed by atoms with Crippen LogP contribution in [-0.4, -0.2) is 15.5 Å². The van der Waals surface area contributed by atoms with E-state index in [1.165, 1.54) is 12.1 Å². The molecule has 0 radical (unpaired) electrons. The third kappa shape index (κ3) is 3.04. The molecule has 5 nitrogen and oxygen atoms in total. The molecule has 2 aromatic carbocycles. The Hall–Kier alpha value is -2.05. The minimum absolute atomic E-state index is 0.00489. The van der Waals surface area contributed by atoms with Crippen molar-refractivity contribution in [2.75, 3.05) is 17.7 Å². The molecule has 0 aliphatic heterocycles. The second-order valence-electron chi connectivity index (χ2n) is 4.20. The Morgan fingerprint density at radius 2 is 1.63 bits per heavy atom. The third-order valence-electron chi connectivity index (χ3n) is 2.77. The van der Waals surface area contributed by atoms with Crippen LogP contribution in [0.2, 0.25) is 0 Å².